The molecule has 1 saturated carbocycles. The van der Waals surface area contributed by atoms with Gasteiger partial charge >= 0.3 is 0 Å². The third-order valence-electron chi connectivity index (χ3n) is 16.1. The summed E-state index contributed by atoms with van der Waals surface area (Å²) in [5.41, 5.74) is 6.73. The first-order chi connectivity index (χ1) is 38.4. The standard InChI is InChI=1S/C60H84N10O8S2/c1-6-7-30-61-59-63-37-49-50(39-69(56(49)66-59)45-24-26-46(71)27-25-45)43-22-28-48(29-23-43)80(77,78)68-33-31-67(32-34-68)53(74)17-15-13-11-9-8-10-12-14-16-52(73)65-55(60(3,4)5)58(76)70-38-47(72)35-51(70)57(75)62-36-42-18-20-44(21-19-42)54-41(2)64-40-79-54/h18-23,28-29,37,39-40,45-47,51,55,71-72H,6-17,24-27,30-36,38H2,1-5H3,(H,62,75)(H,65,73)(H,61,63,66)/t45-,46-,47-,51+,55-/m1/s1. The molecule has 2 aromatic carbocycles. The number of aryl methyl sites for hydroxylation is 1. The van der Waals surface area contributed by atoms with Crippen LogP contribution in [0.3, 0.4) is 0 Å². The third-order valence-corrected chi connectivity index (χ3v) is 19.0. The fourth-order valence-electron chi connectivity index (χ4n) is 11.3. The van der Waals surface area contributed by atoms with Gasteiger partial charge in [0.05, 0.1) is 33.2 Å². The molecule has 2 aliphatic heterocycles. The second kappa shape index (κ2) is 27.8. The van der Waals surface area contributed by atoms with E-state index in [0.29, 0.717) is 31.9 Å². The van der Waals surface area contributed by atoms with E-state index in [1.165, 1.54) is 9.21 Å². The number of benzene rings is 2. The van der Waals surface area contributed by atoms with Crippen LogP contribution in [0, 0.1) is 12.3 Å². The second-order valence-electron chi connectivity index (χ2n) is 23.2. The lowest BCUT2D eigenvalue weighted by Crippen LogP contribution is -2.57. The number of unbranched alkanes of at least 4 members (excludes halogenated alkanes) is 8. The van der Waals surface area contributed by atoms with Crippen molar-refractivity contribution in [1.82, 2.24) is 44.3 Å². The first-order valence-electron chi connectivity index (χ1n) is 29.1. The van der Waals surface area contributed by atoms with Gasteiger partial charge in [0.25, 0.3) is 0 Å². The molecule has 434 valence electrons. The molecule has 18 nitrogen and oxygen atoms in total. The Morgan fingerprint density at radius 3 is 2.09 bits per heavy atom. The minimum absolute atomic E-state index is 0.0171. The molecule has 3 atom stereocenters. The van der Waals surface area contributed by atoms with Crippen LogP contribution in [0.2, 0.25) is 0 Å². The number of anilines is 1. The number of nitrogens with one attached hydrogen (secondary N) is 3. The summed E-state index contributed by atoms with van der Waals surface area (Å²) >= 11 is 1.58. The number of sulfonamides is 1. The predicted molar refractivity (Wildman–Crippen MR) is 313 cm³/mol. The summed E-state index contributed by atoms with van der Waals surface area (Å²) in [5, 5.41) is 31.0. The molecular weight excluding hydrogens is 1050 g/mol. The maximum atomic E-state index is 14.1. The van der Waals surface area contributed by atoms with E-state index in [1.807, 2.05) is 75.8 Å². The number of nitrogens with zero attached hydrogens (tertiary/aromatic N) is 7. The van der Waals surface area contributed by atoms with Gasteiger partial charge in [-0.2, -0.15) is 9.29 Å². The van der Waals surface area contributed by atoms with Crippen molar-refractivity contribution in [3.8, 4) is 21.6 Å². The summed E-state index contributed by atoms with van der Waals surface area (Å²) in [7, 11) is -3.78. The van der Waals surface area contributed by atoms with E-state index < -0.39 is 33.6 Å². The Bertz CT molecular complexity index is 2980. The lowest BCUT2D eigenvalue weighted by molar-refractivity contribution is -0.144. The first-order valence-corrected chi connectivity index (χ1v) is 31.5. The Hall–Kier alpha value is -5.80. The van der Waals surface area contributed by atoms with Crippen molar-refractivity contribution in [2.45, 2.75) is 186 Å². The van der Waals surface area contributed by atoms with Crippen molar-refractivity contribution in [3.63, 3.8) is 0 Å². The Balaban J connectivity index is 0.707. The van der Waals surface area contributed by atoms with E-state index in [9.17, 15) is 37.8 Å². The summed E-state index contributed by atoms with van der Waals surface area (Å²) in [5.74, 6) is -0.307. The number of likely N-dealkylation sites (tertiary alicyclic amines) is 1. The minimum Gasteiger partial charge on any atom is -0.393 e. The topological polar surface area (TPSA) is 232 Å². The molecule has 8 rings (SSSR count). The van der Waals surface area contributed by atoms with Crippen LogP contribution in [0.4, 0.5) is 5.95 Å². The van der Waals surface area contributed by atoms with E-state index in [0.717, 1.165) is 134 Å². The number of aliphatic hydroxyl groups excluding tert-OH is 2. The van der Waals surface area contributed by atoms with Gasteiger partial charge in [0.1, 0.15) is 17.7 Å². The Labute approximate surface area is 476 Å². The van der Waals surface area contributed by atoms with Crippen LogP contribution < -0.4 is 16.0 Å². The van der Waals surface area contributed by atoms with E-state index in [-0.39, 0.29) is 79.7 Å². The molecule has 5 heterocycles. The summed E-state index contributed by atoms with van der Waals surface area (Å²) in [6.45, 7) is 12.0. The van der Waals surface area contributed by atoms with Crippen LogP contribution in [-0.4, -0.2) is 139 Å². The molecule has 0 unspecified atom stereocenters. The molecule has 2 saturated heterocycles. The van der Waals surface area contributed by atoms with Crippen LogP contribution in [0.1, 0.15) is 154 Å². The lowest BCUT2D eigenvalue weighted by atomic mass is 9.85. The van der Waals surface area contributed by atoms with Crippen molar-refractivity contribution in [2.75, 3.05) is 44.6 Å². The van der Waals surface area contributed by atoms with E-state index in [1.54, 1.807) is 28.4 Å². The van der Waals surface area contributed by atoms with Crippen LogP contribution in [0.25, 0.3) is 32.6 Å². The quantitative estimate of drug-likeness (QED) is 0.0345. The van der Waals surface area contributed by atoms with Gasteiger partial charge < -0.3 is 40.5 Å². The smallest absolute Gasteiger partial charge is 0.246 e. The number of aliphatic hydroxyl groups is 2. The zero-order chi connectivity index (χ0) is 57.0. The van der Waals surface area contributed by atoms with Gasteiger partial charge in [-0.25, -0.2) is 18.4 Å². The summed E-state index contributed by atoms with van der Waals surface area (Å²) < 4.78 is 31.4. The highest BCUT2D eigenvalue weighted by Crippen LogP contribution is 2.38. The average molecular weight is 1140 g/mol. The van der Waals surface area contributed by atoms with Crippen molar-refractivity contribution in [3.05, 3.63) is 77.7 Å². The zero-order valence-corrected chi connectivity index (χ0v) is 49.1. The summed E-state index contributed by atoms with van der Waals surface area (Å²) in [6.07, 6.45) is 16.1. The number of thiazole rings is 1. The van der Waals surface area contributed by atoms with Crippen molar-refractivity contribution in [2.24, 2.45) is 5.41 Å². The summed E-state index contributed by atoms with van der Waals surface area (Å²) in [4.78, 5) is 72.4. The normalized spacial score (nSPS) is 19.5. The highest BCUT2D eigenvalue weighted by Gasteiger charge is 2.44. The lowest BCUT2D eigenvalue weighted by Gasteiger charge is -2.35. The maximum Gasteiger partial charge on any atom is 0.246 e. The molecule has 20 heteroatoms. The number of aromatic nitrogens is 4. The number of carbonyl (C=O) groups is 4. The van der Waals surface area contributed by atoms with Crippen LogP contribution in [0.15, 0.2) is 71.3 Å². The molecule has 0 bridgehead atoms. The predicted octanol–water partition coefficient (Wildman–Crippen LogP) is 8.76. The number of hydrogen-bond acceptors (Lipinski definition) is 13. The molecule has 0 radical (unpaired) electrons. The first kappa shape index (κ1) is 60.3. The Morgan fingerprint density at radius 1 is 0.800 bits per heavy atom. The molecule has 1 aliphatic carbocycles. The van der Waals surface area contributed by atoms with Gasteiger partial charge in [-0.1, -0.05) is 109 Å². The van der Waals surface area contributed by atoms with Gasteiger partial charge in [-0.3, -0.25) is 19.2 Å². The monoisotopic (exact) mass is 1140 g/mol. The molecule has 3 aromatic heterocycles. The number of β-amino-alcohol motifs (C(OH)–C–C–N with tert-alkyl or cyclic N) is 1. The fraction of sp³-hybridized carbons (Fsp3) is 0.583. The number of piperazine rings is 1. The number of amides is 4. The zero-order valence-electron chi connectivity index (χ0n) is 47.5. The molecule has 3 fully saturated rings. The van der Waals surface area contributed by atoms with Crippen LogP contribution in [-0.2, 0) is 35.7 Å². The van der Waals surface area contributed by atoms with Crippen molar-refractivity contribution in [1.29, 1.82) is 0 Å². The largest absolute Gasteiger partial charge is 0.393 e. The van der Waals surface area contributed by atoms with Gasteiger partial charge in [0.15, 0.2) is 0 Å². The number of fused-ring (bicyclic) bond motifs is 1. The van der Waals surface area contributed by atoms with Gasteiger partial charge in [-0.05, 0) is 86.1 Å². The van der Waals surface area contributed by atoms with E-state index >= 15 is 0 Å². The fourth-order valence-corrected chi connectivity index (χ4v) is 13.5. The van der Waals surface area contributed by atoms with Crippen molar-refractivity contribution >= 4 is 62.0 Å². The minimum atomic E-state index is -3.78. The molecule has 3 aliphatic rings. The molecule has 4 amide bonds. The van der Waals surface area contributed by atoms with Gasteiger partial charge in [-0.15, -0.1) is 11.3 Å². The summed E-state index contributed by atoms with van der Waals surface area (Å²) in [6, 6.07) is 13.4. The molecular formula is C60H84N10O8S2. The average Bonchev–Trinajstić information content (AvgIpc) is 4.19. The molecule has 5 aromatic rings. The maximum absolute atomic E-state index is 14.1. The number of carbonyl (C=O) groups excluding carboxylic acids is 4. The number of hydrogen-bond donors (Lipinski definition) is 5. The highest BCUT2D eigenvalue weighted by molar-refractivity contribution is 7.89. The van der Waals surface area contributed by atoms with Gasteiger partial charge in [0, 0.05) is 94.5 Å². The molecule has 0 spiro atoms. The molecule has 80 heavy (non-hydrogen) atoms. The third kappa shape index (κ3) is 15.4. The number of rotatable bonds is 25. The van der Waals surface area contributed by atoms with Crippen LogP contribution >= 0.6 is 11.3 Å². The van der Waals surface area contributed by atoms with Gasteiger partial charge in [0.2, 0.25) is 39.6 Å². The van der Waals surface area contributed by atoms with Crippen molar-refractivity contribution < 1.29 is 37.8 Å². The Kier molecular flexibility index (Phi) is 20.9. The molecule has 5 N–H and O–H groups in total. The SMILES string of the molecule is CCCCNc1ncc2c(-c3ccc(S(=O)(=O)N4CCN(C(=O)CCCCCCCCCCC(=O)N[C@H](C(=O)N5C[C@H](O)C[C@H]5C(=O)NCc5ccc(-c6scnc6C)cc5)C(C)(C)C)CC4)cc3)cn([C@H]3CC[C@H](O)CC3)c2n1. The Morgan fingerprint density at radius 2 is 1.45 bits per heavy atom. The highest BCUT2D eigenvalue weighted by atomic mass is 32.2. The van der Waals surface area contributed by atoms with E-state index in [2.05, 4.69) is 43.6 Å². The van der Waals surface area contributed by atoms with E-state index in [4.69, 9.17) is 4.98 Å². The van der Waals surface area contributed by atoms with Crippen LogP contribution in [0.5, 0.6) is 0 Å². The second-order valence-corrected chi connectivity index (χ2v) is 26.0.